The molecule has 0 aliphatic heterocycles. The van der Waals surface area contributed by atoms with Crippen LogP contribution in [0.15, 0.2) is 40.9 Å². The Morgan fingerprint density at radius 1 is 1.07 bits per heavy atom. The van der Waals surface area contributed by atoms with Gasteiger partial charge in [-0.25, -0.2) is 4.79 Å². The molecule has 0 unspecified atom stereocenters. The Kier molecular flexibility index (Phi) is 4.28. The van der Waals surface area contributed by atoms with Gasteiger partial charge in [0.25, 0.3) is 0 Å². The molecule has 2 nitrogen and oxygen atoms in total. The maximum Gasteiger partial charge on any atom is 0.336 e. The second kappa shape index (κ2) is 5.08. The predicted octanol–water partition coefficient (Wildman–Crippen LogP) is 3.30. The summed E-state index contributed by atoms with van der Waals surface area (Å²) in [5.41, 5.74) is 0.337. The van der Waals surface area contributed by atoms with Gasteiger partial charge in [0.1, 0.15) is 0 Å². The molecule has 2 aromatic carbocycles. The van der Waals surface area contributed by atoms with E-state index in [1.54, 1.807) is 12.1 Å². The largest absolute Gasteiger partial charge is 0.478 e. The summed E-state index contributed by atoms with van der Waals surface area (Å²) in [5.74, 6) is -0.895. The Labute approximate surface area is 116 Å². The first-order valence-electron chi connectivity index (χ1n) is 4.10. The second-order valence-corrected chi connectivity index (χ2v) is 3.80. The van der Waals surface area contributed by atoms with Crippen LogP contribution < -0.4 is 0 Å². The number of carboxylic acids is 1. The fourth-order valence-corrected chi connectivity index (χ4v) is 1.93. The molecule has 0 atom stereocenters. The van der Waals surface area contributed by atoms with Gasteiger partial charge in [-0.05, 0) is 22.9 Å². The molecule has 4 heteroatoms. The van der Waals surface area contributed by atoms with Gasteiger partial charge in [0.2, 0.25) is 0 Å². The van der Waals surface area contributed by atoms with E-state index in [-0.39, 0.29) is 27.7 Å². The molecule has 1 N–H and O–H groups in total. The number of carbonyl (C=O) groups is 1. The van der Waals surface area contributed by atoms with Gasteiger partial charge in [-0.2, -0.15) is 0 Å². The van der Waals surface area contributed by atoms with Crippen LogP contribution in [0.5, 0.6) is 0 Å². The Morgan fingerprint density at radius 3 is 2.27 bits per heavy atom. The van der Waals surface area contributed by atoms with Crippen LogP contribution in [-0.2, 0) is 27.7 Å². The summed E-state index contributed by atoms with van der Waals surface area (Å²) >= 11 is 3.39. The zero-order chi connectivity index (χ0) is 10.1. The number of halogens is 1. The zero-order valence-corrected chi connectivity index (χ0v) is 15.0. The van der Waals surface area contributed by atoms with E-state index in [4.69, 9.17) is 5.11 Å². The molecule has 15 heavy (non-hydrogen) atoms. The molecule has 0 spiro atoms. The molecule has 0 aromatic heterocycles. The smallest absolute Gasteiger partial charge is 0.336 e. The number of hydrogen-bond acceptors (Lipinski definition) is 1. The number of rotatable bonds is 1. The van der Waals surface area contributed by atoms with E-state index in [0.717, 1.165) is 15.2 Å². The molecule has 0 saturated carbocycles. The minimum absolute atomic E-state index is 0. The topological polar surface area (TPSA) is 37.3 Å². The molecule has 72 valence electrons. The average Bonchev–Trinajstić information content (AvgIpc) is 2.18. The van der Waals surface area contributed by atoms with Crippen molar-refractivity contribution < 1.29 is 37.6 Å². The molecular weight excluding hydrogens is 445 g/mol. The van der Waals surface area contributed by atoms with Crippen LogP contribution >= 0.6 is 15.9 Å². The van der Waals surface area contributed by atoms with Crippen molar-refractivity contribution >= 4 is 32.7 Å². The van der Waals surface area contributed by atoms with E-state index < -0.39 is 5.97 Å². The molecule has 0 bridgehead atoms. The van der Waals surface area contributed by atoms with Gasteiger partial charge in [0.15, 0.2) is 0 Å². The van der Waals surface area contributed by atoms with Gasteiger partial charge in [-0.1, -0.05) is 40.2 Å². The molecule has 2 aromatic rings. The molecule has 0 fully saturated rings. The van der Waals surface area contributed by atoms with Crippen LogP contribution in [-0.4, -0.2) is 11.1 Å². The maximum absolute atomic E-state index is 10.9. The monoisotopic (exact) mass is 452 g/mol. The number of carboxylic acid groups (broad SMARTS) is 1. The molecule has 2 rings (SSSR count). The summed E-state index contributed by atoms with van der Waals surface area (Å²) in [5, 5.41) is 10.6. The fourth-order valence-electron chi connectivity index (χ4n) is 1.45. The SMILES string of the molecule is O=C(O)c1ccc(Br)c2ccccc12.[Hg]. The first kappa shape index (κ1) is 12.7. The van der Waals surface area contributed by atoms with Gasteiger partial charge >= 0.3 is 5.97 Å². The molecule has 0 radical (unpaired) electrons. The van der Waals surface area contributed by atoms with Crippen LogP contribution in [0.25, 0.3) is 10.8 Å². The van der Waals surface area contributed by atoms with Crippen LogP contribution in [0.2, 0.25) is 0 Å². The van der Waals surface area contributed by atoms with Crippen molar-refractivity contribution in [2.24, 2.45) is 0 Å². The predicted molar refractivity (Wildman–Crippen MR) is 58.6 cm³/mol. The van der Waals surface area contributed by atoms with Crippen LogP contribution in [0.4, 0.5) is 0 Å². The second-order valence-electron chi connectivity index (χ2n) is 2.95. The van der Waals surface area contributed by atoms with Gasteiger partial charge < -0.3 is 5.11 Å². The number of benzene rings is 2. The van der Waals surface area contributed by atoms with Crippen LogP contribution in [0, 0.1) is 0 Å². The number of aromatic carboxylic acids is 1. The molecular formula is C11H7BrHgO2. The summed E-state index contributed by atoms with van der Waals surface area (Å²) in [6.45, 7) is 0. The molecule has 0 saturated heterocycles. The van der Waals surface area contributed by atoms with Gasteiger partial charge in [-0.15, -0.1) is 0 Å². The van der Waals surface area contributed by atoms with Gasteiger partial charge in [0.05, 0.1) is 5.56 Å². The summed E-state index contributed by atoms with van der Waals surface area (Å²) in [7, 11) is 0. The minimum Gasteiger partial charge on any atom is -0.478 e. The van der Waals surface area contributed by atoms with Crippen molar-refractivity contribution in [1.29, 1.82) is 0 Å². The molecule has 0 amide bonds. The normalized spacial score (nSPS) is 9.67. The quantitative estimate of drug-likeness (QED) is 0.676. The Bertz CT molecular complexity index is 511. The number of fused-ring (bicyclic) bond motifs is 1. The van der Waals surface area contributed by atoms with Crippen LogP contribution in [0.1, 0.15) is 10.4 Å². The summed E-state index contributed by atoms with van der Waals surface area (Å²) in [6, 6.07) is 10.8. The molecule has 0 aliphatic rings. The van der Waals surface area contributed by atoms with Crippen molar-refractivity contribution in [3.05, 3.63) is 46.4 Å². The number of hydrogen-bond donors (Lipinski definition) is 1. The Balaban J connectivity index is 0.00000112. The summed E-state index contributed by atoms with van der Waals surface area (Å²) in [6.07, 6.45) is 0. The Morgan fingerprint density at radius 2 is 1.67 bits per heavy atom. The fraction of sp³-hybridized carbons (Fsp3) is 0. The van der Waals surface area contributed by atoms with Crippen molar-refractivity contribution in [3.63, 3.8) is 0 Å². The zero-order valence-electron chi connectivity index (χ0n) is 7.90. The molecule has 0 heterocycles. The van der Waals surface area contributed by atoms with E-state index in [1.807, 2.05) is 24.3 Å². The van der Waals surface area contributed by atoms with Crippen molar-refractivity contribution in [2.45, 2.75) is 0 Å². The summed E-state index contributed by atoms with van der Waals surface area (Å²) in [4.78, 5) is 10.9. The van der Waals surface area contributed by atoms with Crippen molar-refractivity contribution in [3.8, 4) is 0 Å². The van der Waals surface area contributed by atoms with E-state index >= 15 is 0 Å². The third-order valence-corrected chi connectivity index (χ3v) is 2.79. The van der Waals surface area contributed by atoms with E-state index in [2.05, 4.69) is 15.9 Å². The van der Waals surface area contributed by atoms with Gasteiger partial charge in [0, 0.05) is 32.1 Å². The van der Waals surface area contributed by atoms with E-state index in [9.17, 15) is 4.79 Å². The van der Waals surface area contributed by atoms with Crippen molar-refractivity contribution in [1.82, 2.24) is 0 Å². The van der Waals surface area contributed by atoms with E-state index in [1.165, 1.54) is 0 Å². The third-order valence-electron chi connectivity index (χ3n) is 2.10. The van der Waals surface area contributed by atoms with Gasteiger partial charge in [-0.3, -0.25) is 0 Å². The first-order valence-corrected chi connectivity index (χ1v) is 4.90. The first-order chi connectivity index (χ1) is 6.70. The van der Waals surface area contributed by atoms with Crippen LogP contribution in [0.3, 0.4) is 0 Å². The summed E-state index contributed by atoms with van der Waals surface area (Å²) < 4.78 is 0.915. The van der Waals surface area contributed by atoms with E-state index in [0.29, 0.717) is 5.56 Å². The molecule has 0 aliphatic carbocycles. The standard InChI is InChI=1S/C11H7BrO2.Hg/c12-10-6-5-9(11(13)14)7-3-1-2-4-8(7)10;/h1-6H,(H,13,14);. The van der Waals surface area contributed by atoms with Crippen molar-refractivity contribution in [2.75, 3.05) is 0 Å². The maximum atomic E-state index is 10.9. The average molecular weight is 452 g/mol. The Hall–Kier alpha value is -0.415. The third kappa shape index (κ3) is 2.40. The minimum atomic E-state index is -0.895.